The Morgan fingerprint density at radius 2 is 1.68 bits per heavy atom. The van der Waals surface area contributed by atoms with Gasteiger partial charge in [0.15, 0.2) is 0 Å². The molecule has 34 heavy (non-hydrogen) atoms. The number of rotatable bonds is 6. The highest BCUT2D eigenvalue weighted by Gasteiger charge is 2.32. The molecule has 0 saturated carbocycles. The van der Waals surface area contributed by atoms with Crippen molar-refractivity contribution >= 4 is 21.6 Å². The van der Waals surface area contributed by atoms with Crippen molar-refractivity contribution < 1.29 is 30.7 Å². The number of aromatic nitrogens is 2. The summed E-state index contributed by atoms with van der Waals surface area (Å²) in [4.78, 5) is -0.535. The van der Waals surface area contributed by atoms with E-state index in [-0.39, 0.29) is 22.9 Å². The van der Waals surface area contributed by atoms with Crippen molar-refractivity contribution in [3.63, 3.8) is 0 Å². The number of ether oxygens (including phenoxy) is 1. The van der Waals surface area contributed by atoms with Crippen molar-refractivity contribution in [3.05, 3.63) is 101 Å². The van der Waals surface area contributed by atoms with Crippen LogP contribution in [0.2, 0.25) is 5.02 Å². The minimum absolute atomic E-state index is 0.0886. The fourth-order valence-electron chi connectivity index (χ4n) is 3.08. The Balaban J connectivity index is 1.52. The Hall–Kier alpha value is -3.37. The summed E-state index contributed by atoms with van der Waals surface area (Å²) in [5, 5.41) is 4.25. The molecule has 176 valence electrons. The van der Waals surface area contributed by atoms with Crippen LogP contribution in [0, 0.1) is 5.82 Å². The van der Waals surface area contributed by atoms with Crippen LogP contribution in [0.3, 0.4) is 0 Å². The van der Waals surface area contributed by atoms with Gasteiger partial charge >= 0.3 is 6.18 Å². The molecule has 0 amide bonds. The van der Waals surface area contributed by atoms with Crippen LogP contribution in [-0.4, -0.2) is 17.6 Å². The topological polar surface area (TPSA) is 61.2 Å². The molecule has 0 saturated heterocycles. The van der Waals surface area contributed by atoms with Crippen molar-refractivity contribution in [1.29, 1.82) is 0 Å². The van der Waals surface area contributed by atoms with Crippen molar-refractivity contribution in [2.75, 3.05) is 0 Å². The lowest BCUT2D eigenvalue weighted by molar-refractivity contribution is -0.137. The van der Waals surface area contributed by atoms with Gasteiger partial charge < -0.3 is 4.74 Å². The van der Waals surface area contributed by atoms with Gasteiger partial charge in [0.2, 0.25) is 0 Å². The van der Waals surface area contributed by atoms with Crippen molar-refractivity contribution in [1.82, 2.24) is 9.19 Å². The first kappa shape index (κ1) is 23.8. The lowest BCUT2D eigenvalue weighted by Gasteiger charge is -2.10. The molecule has 11 heteroatoms. The van der Waals surface area contributed by atoms with Gasteiger partial charge in [-0.15, -0.1) is 0 Å². The van der Waals surface area contributed by atoms with E-state index in [1.165, 1.54) is 18.2 Å². The molecular weight excluding hydrogens is 496 g/mol. The van der Waals surface area contributed by atoms with E-state index in [4.69, 9.17) is 16.3 Å². The second kappa shape index (κ2) is 9.11. The largest absolute Gasteiger partial charge is 0.489 e. The zero-order valence-electron chi connectivity index (χ0n) is 17.1. The van der Waals surface area contributed by atoms with Crippen LogP contribution >= 0.6 is 11.6 Å². The Morgan fingerprint density at radius 1 is 0.971 bits per heavy atom. The Morgan fingerprint density at radius 3 is 2.35 bits per heavy atom. The second-order valence-corrected chi connectivity index (χ2v) is 9.32. The van der Waals surface area contributed by atoms with Crippen LogP contribution in [0.1, 0.15) is 11.1 Å². The number of hydrogen-bond donors (Lipinski definition) is 0. The minimum atomic E-state index is -4.68. The van der Waals surface area contributed by atoms with Gasteiger partial charge in [-0.25, -0.2) is 4.39 Å². The van der Waals surface area contributed by atoms with Gasteiger partial charge in [0.05, 0.1) is 21.2 Å². The molecule has 1 heterocycles. The lowest BCUT2D eigenvalue weighted by Crippen LogP contribution is -2.15. The molecule has 4 aromatic rings. The molecule has 3 aromatic carbocycles. The van der Waals surface area contributed by atoms with Gasteiger partial charge in [0.1, 0.15) is 18.2 Å². The molecule has 0 aliphatic rings. The number of hydrogen-bond acceptors (Lipinski definition) is 4. The fraction of sp³-hybridized carbons (Fsp3) is 0.0870. The van der Waals surface area contributed by atoms with Gasteiger partial charge in [-0.05, 0) is 60.7 Å². The monoisotopic (exact) mass is 510 g/mol. The zero-order chi connectivity index (χ0) is 24.5. The highest BCUT2D eigenvalue weighted by molar-refractivity contribution is 7.89. The fourth-order valence-corrected chi connectivity index (χ4v) is 4.46. The van der Waals surface area contributed by atoms with E-state index in [1.54, 1.807) is 30.3 Å². The molecule has 0 aliphatic heterocycles. The third kappa shape index (κ3) is 4.92. The number of alkyl halides is 3. The molecule has 0 aliphatic carbocycles. The summed E-state index contributed by atoms with van der Waals surface area (Å²) in [6.07, 6.45) is -3.53. The Kier molecular flexibility index (Phi) is 6.37. The van der Waals surface area contributed by atoms with Gasteiger partial charge in [0.25, 0.3) is 10.0 Å². The molecule has 1 aromatic heterocycles. The average Bonchev–Trinajstić information content (AvgIpc) is 3.30. The maximum atomic E-state index is 13.9. The summed E-state index contributed by atoms with van der Waals surface area (Å²) in [7, 11) is -4.33. The molecule has 4 rings (SSSR count). The normalized spacial score (nSPS) is 12.0. The predicted octanol–water partition coefficient (Wildman–Crippen LogP) is 6.18. The summed E-state index contributed by atoms with van der Waals surface area (Å²) in [5.41, 5.74) is -0.0477. The molecule has 0 unspecified atom stereocenters. The van der Waals surface area contributed by atoms with E-state index in [0.29, 0.717) is 21.5 Å². The van der Waals surface area contributed by atoms with Crippen molar-refractivity contribution in [3.8, 4) is 17.0 Å². The van der Waals surface area contributed by atoms with E-state index in [2.05, 4.69) is 5.10 Å². The van der Waals surface area contributed by atoms with E-state index < -0.39 is 32.5 Å². The van der Waals surface area contributed by atoms with Crippen LogP contribution in [0.5, 0.6) is 5.75 Å². The summed E-state index contributed by atoms with van der Waals surface area (Å²) in [6, 6.07) is 15.6. The third-order valence-electron chi connectivity index (χ3n) is 4.87. The molecule has 0 N–H and O–H groups in total. The predicted molar refractivity (Wildman–Crippen MR) is 117 cm³/mol. The first-order valence-corrected chi connectivity index (χ1v) is 11.5. The van der Waals surface area contributed by atoms with Gasteiger partial charge in [-0.1, -0.05) is 23.7 Å². The SMILES string of the molecule is O=S(=O)(c1cccc(C(F)(F)F)c1)n1ccc(-c2ccc(OCc3c(F)cccc3Cl)cc2)n1. The van der Waals surface area contributed by atoms with E-state index in [1.807, 2.05) is 0 Å². The lowest BCUT2D eigenvalue weighted by atomic mass is 10.1. The van der Waals surface area contributed by atoms with Crippen LogP contribution in [0.15, 0.2) is 83.9 Å². The van der Waals surface area contributed by atoms with Gasteiger partial charge in [-0.2, -0.15) is 30.8 Å². The molecule has 5 nitrogen and oxygen atoms in total. The van der Waals surface area contributed by atoms with E-state index in [0.717, 1.165) is 24.4 Å². The summed E-state index contributed by atoms with van der Waals surface area (Å²) in [6.45, 7) is -0.0886. The minimum Gasteiger partial charge on any atom is -0.489 e. The third-order valence-corrected chi connectivity index (χ3v) is 6.77. The zero-order valence-corrected chi connectivity index (χ0v) is 18.7. The highest BCUT2D eigenvalue weighted by Crippen LogP contribution is 2.31. The van der Waals surface area contributed by atoms with Crippen LogP contribution in [0.4, 0.5) is 17.6 Å². The summed E-state index contributed by atoms with van der Waals surface area (Å²) >= 11 is 5.98. The maximum absolute atomic E-state index is 13.9. The standard InChI is InChI=1S/C23H15ClF4N2O3S/c24-20-5-2-6-21(25)19(20)14-33-17-9-7-15(8-10-17)22-11-12-30(29-22)34(31,32)18-4-1-3-16(13-18)23(26,27)28/h1-13H,14H2. The average molecular weight is 511 g/mol. The molecule has 0 fully saturated rings. The quantitative estimate of drug-likeness (QED) is 0.291. The van der Waals surface area contributed by atoms with Crippen LogP contribution < -0.4 is 4.74 Å². The molecule has 0 atom stereocenters. The maximum Gasteiger partial charge on any atom is 0.416 e. The van der Waals surface area contributed by atoms with E-state index in [9.17, 15) is 26.0 Å². The van der Waals surface area contributed by atoms with Crippen molar-refractivity contribution in [2.45, 2.75) is 17.7 Å². The summed E-state index contributed by atoms with van der Waals surface area (Å²) < 4.78 is 84.4. The van der Waals surface area contributed by atoms with Crippen LogP contribution in [-0.2, 0) is 22.8 Å². The number of halogens is 5. The molecule has 0 bridgehead atoms. The Labute approximate surface area is 197 Å². The second-order valence-electron chi connectivity index (χ2n) is 7.12. The number of benzene rings is 3. The Bertz CT molecular complexity index is 1420. The highest BCUT2D eigenvalue weighted by atomic mass is 35.5. The van der Waals surface area contributed by atoms with E-state index >= 15 is 0 Å². The first-order valence-electron chi connectivity index (χ1n) is 9.70. The molecule has 0 radical (unpaired) electrons. The smallest absolute Gasteiger partial charge is 0.416 e. The van der Waals surface area contributed by atoms with Gasteiger partial charge in [0, 0.05) is 17.3 Å². The van der Waals surface area contributed by atoms with Crippen molar-refractivity contribution in [2.24, 2.45) is 0 Å². The molecule has 0 spiro atoms. The summed E-state index contributed by atoms with van der Waals surface area (Å²) in [5.74, 6) is -0.0734. The number of nitrogens with zero attached hydrogens (tertiary/aromatic N) is 2. The van der Waals surface area contributed by atoms with Gasteiger partial charge in [-0.3, -0.25) is 0 Å². The molecular formula is C23H15ClF4N2O3S. The first-order chi connectivity index (χ1) is 16.1. The van der Waals surface area contributed by atoms with Crippen LogP contribution in [0.25, 0.3) is 11.3 Å².